The summed E-state index contributed by atoms with van der Waals surface area (Å²) in [7, 11) is 2.14. The molecule has 1 aromatic heterocycles. The molecule has 3 heteroatoms. The van der Waals surface area contributed by atoms with Gasteiger partial charge in [0.05, 0.1) is 5.69 Å². The summed E-state index contributed by atoms with van der Waals surface area (Å²) in [5.41, 5.74) is 7.93. The third-order valence-electron chi connectivity index (χ3n) is 7.48. The molecule has 3 aromatic rings. The van der Waals surface area contributed by atoms with Gasteiger partial charge in [-0.25, -0.2) is 0 Å². The first-order valence-corrected chi connectivity index (χ1v) is 10.8. The van der Waals surface area contributed by atoms with Crippen molar-refractivity contribution in [2.45, 2.75) is 71.4 Å². The Morgan fingerprint density at radius 1 is 0.966 bits per heavy atom. The number of hydrogen-bond acceptors (Lipinski definition) is 3. The number of rotatable bonds is 1. The molecule has 29 heavy (non-hydrogen) atoms. The Labute approximate surface area is 174 Å². The summed E-state index contributed by atoms with van der Waals surface area (Å²) in [4.78, 5) is 4.64. The van der Waals surface area contributed by atoms with Crippen LogP contribution < -0.4 is 4.90 Å². The fourth-order valence-corrected chi connectivity index (χ4v) is 5.65. The molecule has 1 aliphatic heterocycles. The van der Waals surface area contributed by atoms with Crippen LogP contribution in [0.1, 0.15) is 64.2 Å². The van der Waals surface area contributed by atoms with Crippen LogP contribution in [0, 0.1) is 6.92 Å². The minimum absolute atomic E-state index is 0.127. The van der Waals surface area contributed by atoms with Crippen LogP contribution in [-0.4, -0.2) is 18.1 Å². The van der Waals surface area contributed by atoms with Crippen LogP contribution in [0.25, 0.3) is 21.9 Å². The van der Waals surface area contributed by atoms with Crippen LogP contribution in [0.2, 0.25) is 0 Å². The van der Waals surface area contributed by atoms with E-state index in [-0.39, 0.29) is 17.0 Å². The van der Waals surface area contributed by atoms with E-state index in [2.05, 4.69) is 95.1 Å². The first kappa shape index (κ1) is 18.6. The van der Waals surface area contributed by atoms with Crippen molar-refractivity contribution >= 4 is 27.6 Å². The van der Waals surface area contributed by atoms with E-state index in [0.29, 0.717) is 0 Å². The molecule has 1 atom stereocenters. The third-order valence-corrected chi connectivity index (χ3v) is 7.48. The number of fused-ring (bicyclic) bond motifs is 5. The number of anilines is 1. The summed E-state index contributed by atoms with van der Waals surface area (Å²) in [6.45, 7) is 14.2. The lowest BCUT2D eigenvalue weighted by Gasteiger charge is -2.44. The minimum atomic E-state index is 0.127. The molecule has 2 heterocycles. The van der Waals surface area contributed by atoms with E-state index in [1.54, 1.807) is 0 Å². The molecule has 0 saturated heterocycles. The summed E-state index contributed by atoms with van der Waals surface area (Å²) in [5.74, 6) is 0. The highest BCUT2D eigenvalue weighted by molar-refractivity contribution is 6.13. The second-order valence-corrected chi connectivity index (χ2v) is 10.3. The maximum Gasteiger partial charge on any atom is 0.159 e. The van der Waals surface area contributed by atoms with E-state index < -0.39 is 0 Å². The molecule has 2 aromatic carbocycles. The quantitative estimate of drug-likeness (QED) is 0.456. The van der Waals surface area contributed by atoms with Gasteiger partial charge in [0, 0.05) is 30.2 Å². The molecular weight excluding hydrogens is 356 g/mol. The standard InChI is InChI=1S/C26H32N2O/c1-16-21-22(26(5,6)13-12-25(21,3)4)20-18-10-8-9-11-19(18)29-24(20)23(16)28-15-14-27(7)17(28)2/h8-11,14-15,17H,12-13H2,1-7H3/t17-/m0/s1. The lowest BCUT2D eigenvalue weighted by Crippen LogP contribution is -2.37. The molecule has 0 unspecified atom stereocenters. The second-order valence-electron chi connectivity index (χ2n) is 10.3. The second kappa shape index (κ2) is 5.81. The maximum absolute atomic E-state index is 6.59. The highest BCUT2D eigenvalue weighted by atomic mass is 16.3. The van der Waals surface area contributed by atoms with Gasteiger partial charge >= 0.3 is 0 Å². The number of nitrogens with zero attached hydrogens (tertiary/aromatic N) is 2. The van der Waals surface area contributed by atoms with Crippen LogP contribution in [0.5, 0.6) is 0 Å². The van der Waals surface area contributed by atoms with Crippen molar-refractivity contribution in [2.75, 3.05) is 11.9 Å². The van der Waals surface area contributed by atoms with Crippen molar-refractivity contribution < 1.29 is 4.42 Å². The fourth-order valence-electron chi connectivity index (χ4n) is 5.65. The number of furan rings is 1. The molecule has 0 radical (unpaired) electrons. The molecule has 0 N–H and O–H groups in total. The summed E-state index contributed by atoms with van der Waals surface area (Å²) in [6, 6.07) is 8.55. The molecule has 2 aliphatic rings. The number of benzene rings is 2. The molecule has 0 fully saturated rings. The van der Waals surface area contributed by atoms with Crippen molar-refractivity contribution in [3.05, 3.63) is 53.4 Å². The lowest BCUT2D eigenvalue weighted by atomic mass is 9.61. The first-order valence-electron chi connectivity index (χ1n) is 10.8. The van der Waals surface area contributed by atoms with Gasteiger partial charge in [-0.2, -0.15) is 0 Å². The molecule has 3 nitrogen and oxygen atoms in total. The Balaban J connectivity index is 2.00. The Morgan fingerprint density at radius 3 is 2.28 bits per heavy atom. The monoisotopic (exact) mass is 388 g/mol. The van der Waals surface area contributed by atoms with Crippen molar-refractivity contribution in [3.8, 4) is 0 Å². The third kappa shape index (κ3) is 2.43. The van der Waals surface area contributed by atoms with Crippen LogP contribution in [0.3, 0.4) is 0 Å². The van der Waals surface area contributed by atoms with E-state index in [1.807, 2.05) is 0 Å². The Hall–Kier alpha value is -2.42. The van der Waals surface area contributed by atoms with Crippen LogP contribution in [0.15, 0.2) is 41.1 Å². The molecular formula is C26H32N2O. The Bertz CT molecular complexity index is 1160. The molecule has 152 valence electrons. The van der Waals surface area contributed by atoms with Gasteiger partial charge < -0.3 is 14.2 Å². The Morgan fingerprint density at radius 2 is 1.62 bits per heavy atom. The normalized spacial score (nSPS) is 22.7. The number of para-hydroxylation sites is 1. The van der Waals surface area contributed by atoms with E-state index in [4.69, 9.17) is 4.42 Å². The average molecular weight is 389 g/mol. The molecule has 0 spiro atoms. The summed E-state index contributed by atoms with van der Waals surface area (Å²) < 4.78 is 6.59. The highest BCUT2D eigenvalue weighted by Gasteiger charge is 2.42. The minimum Gasteiger partial charge on any atom is -0.454 e. The topological polar surface area (TPSA) is 19.6 Å². The van der Waals surface area contributed by atoms with E-state index >= 15 is 0 Å². The van der Waals surface area contributed by atoms with E-state index in [9.17, 15) is 0 Å². The van der Waals surface area contributed by atoms with Gasteiger partial charge in [-0.3, -0.25) is 0 Å². The highest BCUT2D eigenvalue weighted by Crippen LogP contribution is 2.55. The zero-order valence-corrected chi connectivity index (χ0v) is 18.8. The van der Waals surface area contributed by atoms with Gasteiger partial charge in [-0.1, -0.05) is 45.9 Å². The van der Waals surface area contributed by atoms with Crippen LogP contribution in [-0.2, 0) is 10.8 Å². The molecule has 0 saturated carbocycles. The van der Waals surface area contributed by atoms with Crippen molar-refractivity contribution in [1.29, 1.82) is 0 Å². The summed E-state index contributed by atoms with van der Waals surface area (Å²) >= 11 is 0. The van der Waals surface area contributed by atoms with Crippen LogP contribution >= 0.6 is 0 Å². The molecule has 0 bridgehead atoms. The largest absolute Gasteiger partial charge is 0.454 e. The summed E-state index contributed by atoms with van der Waals surface area (Å²) in [6.07, 6.45) is 7.03. The van der Waals surface area contributed by atoms with E-state index in [0.717, 1.165) is 11.2 Å². The van der Waals surface area contributed by atoms with Gasteiger partial charge in [0.2, 0.25) is 0 Å². The van der Waals surface area contributed by atoms with Crippen molar-refractivity contribution in [2.24, 2.45) is 0 Å². The van der Waals surface area contributed by atoms with Crippen LogP contribution in [0.4, 0.5) is 5.69 Å². The van der Waals surface area contributed by atoms with Gasteiger partial charge in [0.15, 0.2) is 5.58 Å². The zero-order valence-electron chi connectivity index (χ0n) is 18.8. The van der Waals surface area contributed by atoms with Crippen molar-refractivity contribution in [3.63, 3.8) is 0 Å². The van der Waals surface area contributed by atoms with Gasteiger partial charge in [-0.05, 0) is 60.3 Å². The molecule has 1 aliphatic carbocycles. The first-order chi connectivity index (χ1) is 13.6. The fraction of sp³-hybridized carbons (Fsp3) is 0.462. The van der Waals surface area contributed by atoms with Gasteiger partial charge in [0.25, 0.3) is 0 Å². The smallest absolute Gasteiger partial charge is 0.159 e. The summed E-state index contributed by atoms with van der Waals surface area (Å²) in [5, 5.41) is 2.57. The predicted molar refractivity (Wildman–Crippen MR) is 123 cm³/mol. The maximum atomic E-state index is 6.59. The van der Waals surface area contributed by atoms with Gasteiger partial charge in [-0.15, -0.1) is 0 Å². The molecule has 5 rings (SSSR count). The Kier molecular flexibility index (Phi) is 3.73. The lowest BCUT2D eigenvalue weighted by molar-refractivity contribution is 0.332. The number of hydrogen-bond donors (Lipinski definition) is 0. The predicted octanol–water partition coefficient (Wildman–Crippen LogP) is 6.81. The van der Waals surface area contributed by atoms with Crippen molar-refractivity contribution in [1.82, 2.24) is 4.90 Å². The average Bonchev–Trinajstić information content (AvgIpc) is 3.19. The molecule has 0 amide bonds. The van der Waals surface area contributed by atoms with Gasteiger partial charge in [0.1, 0.15) is 11.7 Å². The van der Waals surface area contributed by atoms with E-state index in [1.165, 1.54) is 46.0 Å². The SMILES string of the molecule is Cc1c2c(c3c(oc4ccccc43)c1N1C=CN(C)[C@@H]1C)C(C)(C)CCC2(C)C. The zero-order chi connectivity index (χ0) is 20.7.